The van der Waals surface area contributed by atoms with Crippen LogP contribution in [0.25, 0.3) is 11.1 Å². The lowest BCUT2D eigenvalue weighted by Gasteiger charge is -2.21. The molecule has 174 valence electrons. The van der Waals surface area contributed by atoms with Crippen molar-refractivity contribution < 1.29 is 26.4 Å². The van der Waals surface area contributed by atoms with Gasteiger partial charge < -0.3 is 9.64 Å². The van der Waals surface area contributed by atoms with Crippen molar-refractivity contribution in [1.29, 1.82) is 0 Å². The zero-order valence-electron chi connectivity index (χ0n) is 17.5. The lowest BCUT2D eigenvalue weighted by molar-refractivity contribution is 0.0863. The highest BCUT2D eigenvalue weighted by Gasteiger charge is 2.31. The van der Waals surface area contributed by atoms with Crippen molar-refractivity contribution >= 4 is 35.8 Å². The van der Waals surface area contributed by atoms with Gasteiger partial charge in [0.05, 0.1) is 11.5 Å². The smallest absolute Gasteiger partial charge is 0.410 e. The van der Waals surface area contributed by atoms with Crippen LogP contribution in [0.15, 0.2) is 48.5 Å². The highest BCUT2D eigenvalue weighted by molar-refractivity contribution is 8.13. The van der Waals surface area contributed by atoms with Crippen molar-refractivity contribution in [3.63, 3.8) is 0 Å². The van der Waals surface area contributed by atoms with Crippen molar-refractivity contribution in [3.05, 3.63) is 59.7 Å². The van der Waals surface area contributed by atoms with Crippen LogP contribution in [-0.4, -0.2) is 59.5 Å². The molecule has 0 aliphatic heterocycles. The Kier molecular flexibility index (Phi) is 7.81. The molecule has 32 heavy (non-hydrogen) atoms. The van der Waals surface area contributed by atoms with Crippen LogP contribution < -0.4 is 4.72 Å². The Labute approximate surface area is 193 Å². The van der Waals surface area contributed by atoms with Crippen LogP contribution in [0.2, 0.25) is 0 Å². The van der Waals surface area contributed by atoms with Crippen molar-refractivity contribution in [3.8, 4) is 11.1 Å². The summed E-state index contributed by atoms with van der Waals surface area (Å²) in [6.45, 7) is 0.165. The van der Waals surface area contributed by atoms with Crippen molar-refractivity contribution in [2.24, 2.45) is 0 Å². The van der Waals surface area contributed by atoms with Crippen LogP contribution in [0.5, 0.6) is 0 Å². The summed E-state index contributed by atoms with van der Waals surface area (Å²) >= 11 is 0. The molecule has 0 aromatic heterocycles. The van der Waals surface area contributed by atoms with Gasteiger partial charge >= 0.3 is 6.09 Å². The molecule has 8 nitrogen and oxygen atoms in total. The largest absolute Gasteiger partial charge is 0.436 e. The number of halogens is 1. The van der Waals surface area contributed by atoms with Crippen LogP contribution in [-0.2, 0) is 23.8 Å². The lowest BCUT2D eigenvalue weighted by Crippen LogP contribution is -2.33. The topological polar surface area (TPSA) is 110 Å². The second-order valence-electron chi connectivity index (χ2n) is 7.52. The van der Waals surface area contributed by atoms with Crippen LogP contribution in [0, 0.1) is 0 Å². The van der Waals surface area contributed by atoms with Crippen molar-refractivity contribution in [2.45, 2.75) is 18.9 Å². The van der Waals surface area contributed by atoms with E-state index in [0.717, 1.165) is 22.3 Å². The van der Waals surface area contributed by atoms with Gasteiger partial charge in [-0.05, 0) is 24.0 Å². The molecule has 0 spiro atoms. The Morgan fingerprint density at radius 3 is 2.09 bits per heavy atom. The molecule has 1 aliphatic rings. The summed E-state index contributed by atoms with van der Waals surface area (Å²) in [5.41, 5.74) is 3.90. The highest BCUT2D eigenvalue weighted by atomic mass is 35.7. The first-order valence-electron chi connectivity index (χ1n) is 10.1. The van der Waals surface area contributed by atoms with Crippen molar-refractivity contribution in [1.82, 2.24) is 9.62 Å². The molecule has 1 aliphatic carbocycles. The van der Waals surface area contributed by atoms with Crippen LogP contribution >= 0.6 is 10.7 Å². The number of fused-ring (bicyclic) bond motifs is 3. The number of amides is 1. The zero-order chi connectivity index (χ0) is 23.4. The molecule has 11 heteroatoms. The molecule has 0 fully saturated rings. The highest BCUT2D eigenvalue weighted by Crippen LogP contribution is 2.45. The summed E-state index contributed by atoms with van der Waals surface area (Å²) in [6.07, 6.45) is -0.770. The van der Waals surface area contributed by atoms with E-state index in [1.54, 1.807) is 7.05 Å². The van der Waals surface area contributed by atoms with E-state index in [0.29, 0.717) is 0 Å². The van der Waals surface area contributed by atoms with E-state index < -0.39 is 31.3 Å². The predicted octanol–water partition coefficient (Wildman–Crippen LogP) is 3.09. The van der Waals surface area contributed by atoms with Gasteiger partial charge in [0.1, 0.15) is 0 Å². The monoisotopic (exact) mass is 500 g/mol. The van der Waals surface area contributed by atoms with E-state index >= 15 is 0 Å². The minimum atomic E-state index is -3.65. The molecule has 0 atom stereocenters. The van der Waals surface area contributed by atoms with Gasteiger partial charge in [0, 0.05) is 41.9 Å². The lowest BCUT2D eigenvalue weighted by atomic mass is 10.1. The normalized spacial score (nSPS) is 13.4. The summed E-state index contributed by atoms with van der Waals surface area (Å²) in [6, 6.07) is 15.5. The van der Waals surface area contributed by atoms with Gasteiger partial charge in [0.2, 0.25) is 19.1 Å². The Hall–Kier alpha value is -2.14. The van der Waals surface area contributed by atoms with Gasteiger partial charge in [-0.2, -0.15) is 0 Å². The summed E-state index contributed by atoms with van der Waals surface area (Å²) in [5, 5.41) is 0. The second kappa shape index (κ2) is 10.2. The fraction of sp³-hybridized carbons (Fsp3) is 0.381. The minimum absolute atomic E-state index is 0.0212. The number of nitrogens with one attached hydrogen (secondary N) is 1. The average Bonchev–Trinajstić information content (AvgIpc) is 3.04. The van der Waals surface area contributed by atoms with E-state index in [2.05, 4.69) is 4.72 Å². The standard InChI is InChI=1S/C21H25ClN2O6S2/c1-24(13-7-15-32(28,29)23-12-6-14-31(22,26)27)21(25)30-20-18-10-4-2-8-16(18)17-9-3-5-11-19(17)20/h2-5,8-11,20,23H,6-7,12-15H2,1H3. The third-order valence-corrected chi connectivity index (χ3v) is 7.81. The summed E-state index contributed by atoms with van der Waals surface area (Å²) in [4.78, 5) is 14.0. The van der Waals surface area contributed by atoms with Gasteiger partial charge in [-0.15, -0.1) is 0 Å². The van der Waals surface area contributed by atoms with Crippen LogP contribution in [0.3, 0.4) is 0 Å². The third-order valence-electron chi connectivity index (χ3n) is 5.10. The van der Waals surface area contributed by atoms with Gasteiger partial charge in [-0.1, -0.05) is 48.5 Å². The number of hydrogen-bond acceptors (Lipinski definition) is 6. The molecule has 1 N–H and O–H groups in total. The number of ether oxygens (including phenoxy) is 1. The van der Waals surface area contributed by atoms with Crippen molar-refractivity contribution in [2.75, 3.05) is 31.6 Å². The summed E-state index contributed by atoms with van der Waals surface area (Å²) < 4.78 is 53.9. The van der Waals surface area contributed by atoms with E-state index in [1.807, 2.05) is 48.5 Å². The van der Waals surface area contributed by atoms with E-state index in [4.69, 9.17) is 15.4 Å². The maximum atomic E-state index is 12.6. The van der Waals surface area contributed by atoms with Gasteiger partial charge in [0.25, 0.3) is 0 Å². The third kappa shape index (κ3) is 6.44. The molecule has 0 saturated heterocycles. The number of sulfonamides is 1. The molecular formula is C21H25ClN2O6S2. The van der Waals surface area contributed by atoms with Gasteiger partial charge in [0.15, 0.2) is 6.10 Å². The average molecular weight is 501 g/mol. The molecule has 3 rings (SSSR count). The number of carbonyl (C=O) groups is 1. The SMILES string of the molecule is CN(CCCS(=O)(=O)NCCCS(=O)(=O)Cl)C(=O)OC1c2ccccc2-c2ccccc21. The minimum Gasteiger partial charge on any atom is -0.436 e. The number of hydrogen-bond donors (Lipinski definition) is 1. The quantitative estimate of drug-likeness (QED) is 0.396. The number of nitrogens with zero attached hydrogens (tertiary/aromatic N) is 1. The molecule has 0 heterocycles. The molecule has 1 amide bonds. The Morgan fingerprint density at radius 2 is 1.53 bits per heavy atom. The number of benzene rings is 2. The molecular weight excluding hydrogens is 476 g/mol. The second-order valence-corrected chi connectivity index (χ2v) is 12.3. The number of carbonyl (C=O) groups excluding carboxylic acids is 1. The fourth-order valence-corrected chi connectivity index (χ4v) is 5.48. The summed E-state index contributed by atoms with van der Waals surface area (Å²) in [7, 11) is -0.588. The van der Waals surface area contributed by atoms with Gasteiger partial charge in [-0.25, -0.2) is 26.4 Å². The molecule has 0 radical (unpaired) electrons. The number of rotatable bonds is 10. The first kappa shape index (κ1) is 24.5. The Bertz CT molecular complexity index is 1140. The maximum absolute atomic E-state index is 12.6. The zero-order valence-corrected chi connectivity index (χ0v) is 19.9. The summed E-state index contributed by atoms with van der Waals surface area (Å²) in [5.74, 6) is -0.508. The Morgan fingerprint density at radius 1 is 0.969 bits per heavy atom. The molecule has 2 aromatic carbocycles. The predicted molar refractivity (Wildman–Crippen MR) is 123 cm³/mol. The molecule has 0 unspecified atom stereocenters. The van der Waals surface area contributed by atoms with Crippen LogP contribution in [0.1, 0.15) is 30.1 Å². The Balaban J connectivity index is 1.50. The maximum Gasteiger partial charge on any atom is 0.410 e. The van der Waals surface area contributed by atoms with E-state index in [-0.39, 0.29) is 37.4 Å². The first-order valence-corrected chi connectivity index (χ1v) is 14.2. The molecule has 0 saturated carbocycles. The van der Waals surface area contributed by atoms with E-state index in [9.17, 15) is 21.6 Å². The van der Waals surface area contributed by atoms with Crippen LogP contribution in [0.4, 0.5) is 4.79 Å². The molecule has 0 bridgehead atoms. The van der Waals surface area contributed by atoms with E-state index in [1.165, 1.54) is 4.90 Å². The fourth-order valence-electron chi connectivity index (χ4n) is 3.55. The van der Waals surface area contributed by atoms with Gasteiger partial charge in [-0.3, -0.25) is 0 Å². The molecule has 2 aromatic rings. The first-order chi connectivity index (χ1) is 15.1.